The van der Waals surface area contributed by atoms with Gasteiger partial charge in [-0.25, -0.2) is 0 Å². The molecule has 7 heteroatoms. The SMILES string of the molecule is CCC(O)CCC1/C(=N\OC)CC(O)C1CCCCCCP(C)(=O)O. The lowest BCUT2D eigenvalue weighted by atomic mass is 9.85. The minimum Gasteiger partial charge on any atom is -0.399 e. The van der Waals surface area contributed by atoms with Gasteiger partial charge >= 0.3 is 0 Å². The molecule has 0 aliphatic heterocycles. The molecular weight excluding hydrogens is 341 g/mol. The highest BCUT2D eigenvalue weighted by molar-refractivity contribution is 7.57. The predicted molar refractivity (Wildman–Crippen MR) is 101 cm³/mol. The maximum absolute atomic E-state index is 11.3. The van der Waals surface area contributed by atoms with E-state index in [-0.39, 0.29) is 17.9 Å². The van der Waals surface area contributed by atoms with Gasteiger partial charge in [-0.3, -0.25) is 4.57 Å². The van der Waals surface area contributed by atoms with Crippen LogP contribution < -0.4 is 0 Å². The van der Waals surface area contributed by atoms with Gasteiger partial charge < -0.3 is 19.9 Å². The van der Waals surface area contributed by atoms with Crippen LogP contribution in [0.4, 0.5) is 0 Å². The van der Waals surface area contributed by atoms with E-state index in [1.54, 1.807) is 0 Å². The minimum absolute atomic E-state index is 0.160. The van der Waals surface area contributed by atoms with Crippen LogP contribution in [0.2, 0.25) is 0 Å². The Bertz CT molecular complexity index is 451. The molecule has 148 valence electrons. The second-order valence-corrected chi connectivity index (χ2v) is 9.97. The Labute approximate surface area is 152 Å². The van der Waals surface area contributed by atoms with E-state index in [9.17, 15) is 19.7 Å². The summed E-state index contributed by atoms with van der Waals surface area (Å²) in [5, 5.41) is 24.4. The van der Waals surface area contributed by atoms with Crippen molar-refractivity contribution in [3.8, 4) is 0 Å². The van der Waals surface area contributed by atoms with Crippen molar-refractivity contribution in [1.29, 1.82) is 0 Å². The highest BCUT2D eigenvalue weighted by Crippen LogP contribution is 2.38. The standard InChI is InChI=1S/C18H36NO5P/c1-4-14(20)10-11-15-16(18(21)13-17(15)19-24-2)9-7-5-6-8-12-25(3,22)23/h14-16,18,20-21H,4-13H2,1-3H3,(H,22,23)/b19-17-. The van der Waals surface area contributed by atoms with E-state index < -0.39 is 13.5 Å². The molecule has 1 saturated carbocycles. The zero-order valence-corrected chi connectivity index (χ0v) is 16.8. The smallest absolute Gasteiger partial charge is 0.197 e. The highest BCUT2D eigenvalue weighted by Gasteiger charge is 2.39. The Balaban J connectivity index is 2.47. The fraction of sp³-hybridized carbons (Fsp3) is 0.944. The summed E-state index contributed by atoms with van der Waals surface area (Å²) in [5.74, 6) is 0.331. The molecule has 0 amide bonds. The van der Waals surface area contributed by atoms with Crippen LogP contribution in [-0.2, 0) is 9.40 Å². The fourth-order valence-corrected chi connectivity index (χ4v) is 4.55. The summed E-state index contributed by atoms with van der Waals surface area (Å²) in [6, 6.07) is 0. The van der Waals surface area contributed by atoms with Crippen LogP contribution >= 0.6 is 7.37 Å². The normalized spacial score (nSPS) is 28.9. The summed E-state index contributed by atoms with van der Waals surface area (Å²) in [6.07, 6.45) is 7.16. The molecule has 0 aromatic rings. The van der Waals surface area contributed by atoms with Crippen molar-refractivity contribution in [1.82, 2.24) is 0 Å². The number of hydrogen-bond donors (Lipinski definition) is 3. The van der Waals surface area contributed by atoms with Gasteiger partial charge in [0.05, 0.1) is 17.9 Å². The molecule has 3 N–H and O–H groups in total. The van der Waals surface area contributed by atoms with E-state index in [4.69, 9.17) is 4.84 Å². The molecule has 1 aliphatic carbocycles. The minimum atomic E-state index is -2.89. The summed E-state index contributed by atoms with van der Waals surface area (Å²) in [6.45, 7) is 3.38. The number of aliphatic hydroxyl groups is 2. The van der Waals surface area contributed by atoms with Crippen LogP contribution in [0.15, 0.2) is 5.16 Å². The maximum atomic E-state index is 11.3. The van der Waals surface area contributed by atoms with E-state index in [1.807, 2.05) is 6.92 Å². The first-order valence-electron chi connectivity index (χ1n) is 9.53. The Morgan fingerprint density at radius 3 is 2.56 bits per heavy atom. The summed E-state index contributed by atoms with van der Waals surface area (Å²) in [4.78, 5) is 14.2. The first-order chi connectivity index (χ1) is 11.8. The van der Waals surface area contributed by atoms with Crippen LogP contribution in [0.5, 0.6) is 0 Å². The zero-order valence-electron chi connectivity index (χ0n) is 15.9. The van der Waals surface area contributed by atoms with Crippen molar-refractivity contribution in [2.24, 2.45) is 17.0 Å². The summed E-state index contributed by atoms with van der Waals surface area (Å²) < 4.78 is 11.3. The molecule has 0 radical (unpaired) electrons. The molecule has 1 aliphatic rings. The topological polar surface area (TPSA) is 99.4 Å². The van der Waals surface area contributed by atoms with Gasteiger partial charge in [-0.1, -0.05) is 31.3 Å². The summed E-state index contributed by atoms with van der Waals surface area (Å²) in [7, 11) is -1.36. The summed E-state index contributed by atoms with van der Waals surface area (Å²) in [5.41, 5.74) is 0.913. The van der Waals surface area contributed by atoms with Gasteiger partial charge in [0.1, 0.15) is 7.11 Å². The zero-order chi connectivity index (χ0) is 18.9. The van der Waals surface area contributed by atoms with Gasteiger partial charge in [0, 0.05) is 25.2 Å². The average Bonchev–Trinajstić information content (AvgIpc) is 2.83. The third-order valence-corrected chi connectivity index (χ3v) is 6.35. The quantitative estimate of drug-likeness (QED) is 0.275. The van der Waals surface area contributed by atoms with E-state index in [2.05, 4.69) is 5.16 Å². The van der Waals surface area contributed by atoms with E-state index in [0.717, 1.165) is 57.1 Å². The van der Waals surface area contributed by atoms with Crippen molar-refractivity contribution in [3.63, 3.8) is 0 Å². The van der Waals surface area contributed by atoms with Crippen molar-refractivity contribution in [3.05, 3.63) is 0 Å². The molecule has 0 bridgehead atoms. The van der Waals surface area contributed by atoms with Crippen molar-refractivity contribution in [2.75, 3.05) is 19.9 Å². The second kappa shape index (κ2) is 11.3. The molecule has 0 spiro atoms. The number of unbranched alkanes of at least 4 members (excludes halogenated alkanes) is 3. The number of rotatable bonds is 12. The van der Waals surface area contributed by atoms with Crippen LogP contribution in [-0.4, -0.2) is 53.0 Å². The lowest BCUT2D eigenvalue weighted by Crippen LogP contribution is -2.22. The Hall–Kier alpha value is -0.420. The lowest BCUT2D eigenvalue weighted by Gasteiger charge is -2.22. The fourth-order valence-electron chi connectivity index (χ4n) is 3.74. The van der Waals surface area contributed by atoms with Gasteiger partial charge in [0.25, 0.3) is 0 Å². The highest BCUT2D eigenvalue weighted by atomic mass is 31.2. The Kier molecular flexibility index (Phi) is 10.2. The van der Waals surface area contributed by atoms with Gasteiger partial charge in [-0.15, -0.1) is 0 Å². The number of nitrogens with zero attached hydrogens (tertiary/aromatic N) is 1. The second-order valence-electron chi connectivity index (χ2n) is 7.42. The van der Waals surface area contributed by atoms with Crippen LogP contribution in [0.3, 0.4) is 0 Å². The molecule has 0 aromatic carbocycles. The molecule has 25 heavy (non-hydrogen) atoms. The molecule has 1 fully saturated rings. The molecule has 0 aromatic heterocycles. The Morgan fingerprint density at radius 1 is 1.28 bits per heavy atom. The molecule has 1 rings (SSSR count). The van der Waals surface area contributed by atoms with Gasteiger partial charge in [-0.2, -0.15) is 0 Å². The van der Waals surface area contributed by atoms with Gasteiger partial charge in [0.15, 0.2) is 7.37 Å². The van der Waals surface area contributed by atoms with Crippen molar-refractivity contribution in [2.45, 2.75) is 76.9 Å². The first kappa shape index (κ1) is 22.6. The van der Waals surface area contributed by atoms with Crippen LogP contribution in [0.1, 0.15) is 64.7 Å². The molecule has 6 nitrogen and oxygen atoms in total. The van der Waals surface area contributed by atoms with Crippen LogP contribution in [0, 0.1) is 11.8 Å². The van der Waals surface area contributed by atoms with Gasteiger partial charge in [0.2, 0.25) is 0 Å². The van der Waals surface area contributed by atoms with Crippen LogP contribution in [0.25, 0.3) is 0 Å². The van der Waals surface area contributed by atoms with E-state index in [0.29, 0.717) is 12.6 Å². The maximum Gasteiger partial charge on any atom is 0.197 e. The van der Waals surface area contributed by atoms with E-state index in [1.165, 1.54) is 13.8 Å². The van der Waals surface area contributed by atoms with Gasteiger partial charge in [-0.05, 0) is 38.0 Å². The largest absolute Gasteiger partial charge is 0.399 e. The molecule has 0 heterocycles. The molecule has 0 saturated heterocycles. The average molecular weight is 377 g/mol. The molecular formula is C18H36NO5P. The Morgan fingerprint density at radius 2 is 1.96 bits per heavy atom. The summed E-state index contributed by atoms with van der Waals surface area (Å²) >= 11 is 0. The number of hydrogen-bond acceptors (Lipinski definition) is 5. The molecule has 5 unspecified atom stereocenters. The molecule has 5 atom stereocenters. The third-order valence-electron chi connectivity index (χ3n) is 5.21. The first-order valence-corrected chi connectivity index (χ1v) is 11.8. The lowest BCUT2D eigenvalue weighted by molar-refractivity contribution is 0.0990. The van der Waals surface area contributed by atoms with Crippen molar-refractivity contribution >= 4 is 13.1 Å². The monoisotopic (exact) mass is 377 g/mol. The number of oxime groups is 1. The number of aliphatic hydroxyl groups excluding tert-OH is 2. The predicted octanol–water partition coefficient (Wildman–Crippen LogP) is 3.39. The van der Waals surface area contributed by atoms with Crippen molar-refractivity contribution < 1.29 is 24.5 Å². The third kappa shape index (κ3) is 8.67. The van der Waals surface area contributed by atoms with E-state index >= 15 is 0 Å².